The first kappa shape index (κ1) is 25.3. The molecule has 0 aromatic heterocycles. The Hall–Kier alpha value is -2.31. The first-order valence-electron chi connectivity index (χ1n) is 11.9. The summed E-state index contributed by atoms with van der Waals surface area (Å²) < 4.78 is 16.7. The molecule has 182 valence electrons. The number of hydrogen-bond acceptors (Lipinski definition) is 4. The Bertz CT molecular complexity index is 932. The molecule has 1 aliphatic rings. The van der Waals surface area contributed by atoms with Crippen LogP contribution >= 0.6 is 0 Å². The van der Waals surface area contributed by atoms with Crippen LogP contribution in [0.2, 0.25) is 0 Å². The second-order valence-electron chi connectivity index (χ2n) is 10.4. The van der Waals surface area contributed by atoms with Gasteiger partial charge in [0.05, 0.1) is 19.3 Å². The van der Waals surface area contributed by atoms with E-state index in [2.05, 4.69) is 38.1 Å². The summed E-state index contributed by atoms with van der Waals surface area (Å²) in [4.78, 5) is 13.8. The number of methoxy groups -OCH3 is 1. The molecular weight excluding hydrogens is 418 g/mol. The number of rotatable bonds is 11. The van der Waals surface area contributed by atoms with E-state index >= 15 is 0 Å². The molecule has 0 saturated carbocycles. The van der Waals surface area contributed by atoms with E-state index in [0.717, 1.165) is 29.4 Å². The van der Waals surface area contributed by atoms with E-state index in [1.807, 2.05) is 32.9 Å². The van der Waals surface area contributed by atoms with Crippen LogP contribution in [0.5, 0.6) is 5.75 Å². The molecule has 0 spiro atoms. The first-order chi connectivity index (χ1) is 15.6. The van der Waals surface area contributed by atoms with E-state index in [4.69, 9.17) is 14.2 Å². The topological polar surface area (TPSA) is 71.5 Å². The number of fused-ring (bicyclic) bond motifs is 1. The van der Waals surface area contributed by atoms with E-state index < -0.39 is 11.6 Å². The highest BCUT2D eigenvalue weighted by Crippen LogP contribution is 2.35. The van der Waals surface area contributed by atoms with E-state index in [1.165, 1.54) is 5.56 Å². The zero-order chi connectivity index (χ0) is 24.2. The Kier molecular flexibility index (Phi) is 8.24. The largest absolute Gasteiger partial charge is 0.491 e. The molecule has 0 radical (unpaired) electrons. The van der Waals surface area contributed by atoms with Gasteiger partial charge in [-0.3, -0.25) is 4.90 Å². The normalized spacial score (nSPS) is 17.7. The number of nitrogens with zero attached hydrogens (tertiary/aromatic N) is 1. The fourth-order valence-corrected chi connectivity index (χ4v) is 4.61. The molecule has 3 rings (SSSR count). The SMILES string of the molecule is COCCOc1cccc2ccc(CC(CC(C3CO3)N(C(=O)O)C(C)(C)C)C(C)C)cc12. The minimum Gasteiger partial charge on any atom is -0.491 e. The van der Waals surface area contributed by atoms with E-state index in [0.29, 0.717) is 31.7 Å². The van der Waals surface area contributed by atoms with Crippen LogP contribution in [-0.4, -0.2) is 60.7 Å². The zero-order valence-corrected chi connectivity index (χ0v) is 20.8. The van der Waals surface area contributed by atoms with E-state index in [1.54, 1.807) is 12.0 Å². The first-order valence-corrected chi connectivity index (χ1v) is 11.9. The Morgan fingerprint density at radius 1 is 1.21 bits per heavy atom. The smallest absolute Gasteiger partial charge is 0.408 e. The fourth-order valence-electron chi connectivity index (χ4n) is 4.61. The number of amides is 1. The number of carbonyl (C=O) groups is 1. The van der Waals surface area contributed by atoms with Gasteiger partial charge in [-0.25, -0.2) is 4.79 Å². The molecule has 1 amide bonds. The quantitative estimate of drug-likeness (QED) is 0.350. The molecule has 0 aliphatic carbocycles. The summed E-state index contributed by atoms with van der Waals surface area (Å²) in [5, 5.41) is 12.2. The predicted octanol–water partition coefficient (Wildman–Crippen LogP) is 5.62. The second kappa shape index (κ2) is 10.7. The minimum atomic E-state index is -0.880. The van der Waals surface area contributed by atoms with Crippen molar-refractivity contribution >= 4 is 16.9 Å². The molecular formula is C27H39NO5. The van der Waals surface area contributed by atoms with Crippen LogP contribution in [0.3, 0.4) is 0 Å². The van der Waals surface area contributed by atoms with Crippen LogP contribution in [0.1, 0.15) is 46.6 Å². The standard InChI is InChI=1S/C27H39NO5/c1-18(2)21(16-23(25-17-33-25)28(26(29)30)27(3,4)5)14-19-10-11-20-8-7-9-24(22(20)15-19)32-13-12-31-6/h7-11,15,18,21,23,25H,12-14,16-17H2,1-6H3,(H,29,30). The highest BCUT2D eigenvalue weighted by atomic mass is 16.6. The Morgan fingerprint density at radius 2 is 1.94 bits per heavy atom. The van der Waals surface area contributed by atoms with Gasteiger partial charge in [-0.1, -0.05) is 38.1 Å². The molecule has 3 atom stereocenters. The van der Waals surface area contributed by atoms with Crippen molar-refractivity contribution in [3.05, 3.63) is 42.0 Å². The van der Waals surface area contributed by atoms with Crippen molar-refractivity contribution < 1.29 is 24.1 Å². The summed E-state index contributed by atoms with van der Waals surface area (Å²) in [6.07, 6.45) is 0.754. The van der Waals surface area contributed by atoms with Crippen molar-refractivity contribution in [1.29, 1.82) is 0 Å². The molecule has 2 aromatic rings. The maximum Gasteiger partial charge on any atom is 0.408 e. The number of benzene rings is 2. The summed E-state index contributed by atoms with van der Waals surface area (Å²) >= 11 is 0. The maximum absolute atomic E-state index is 12.2. The van der Waals surface area contributed by atoms with Crippen molar-refractivity contribution in [3.8, 4) is 5.75 Å². The van der Waals surface area contributed by atoms with Gasteiger partial charge >= 0.3 is 6.09 Å². The Labute approximate surface area is 197 Å². The summed E-state index contributed by atoms with van der Waals surface area (Å²) in [5.74, 6) is 1.59. The van der Waals surface area contributed by atoms with Crippen LogP contribution in [0.4, 0.5) is 4.79 Å². The Morgan fingerprint density at radius 3 is 2.52 bits per heavy atom. The molecule has 1 fully saturated rings. The minimum absolute atomic E-state index is 0.0148. The average molecular weight is 458 g/mol. The van der Waals surface area contributed by atoms with Gasteiger partial charge in [-0.05, 0) is 68.5 Å². The van der Waals surface area contributed by atoms with Crippen LogP contribution < -0.4 is 4.74 Å². The molecule has 2 aromatic carbocycles. The lowest BCUT2D eigenvalue weighted by molar-refractivity contribution is 0.0466. The molecule has 3 unspecified atom stereocenters. The zero-order valence-electron chi connectivity index (χ0n) is 20.8. The van der Waals surface area contributed by atoms with E-state index in [-0.39, 0.29) is 12.1 Å². The van der Waals surface area contributed by atoms with Gasteiger partial charge in [0, 0.05) is 18.0 Å². The highest BCUT2D eigenvalue weighted by molar-refractivity contribution is 5.88. The van der Waals surface area contributed by atoms with Gasteiger partial charge in [-0.15, -0.1) is 0 Å². The van der Waals surface area contributed by atoms with Gasteiger partial charge in [0.25, 0.3) is 0 Å². The number of hydrogen-bond donors (Lipinski definition) is 1. The third-order valence-corrected chi connectivity index (χ3v) is 6.49. The van der Waals surface area contributed by atoms with Crippen molar-refractivity contribution in [1.82, 2.24) is 4.90 Å². The summed E-state index contributed by atoms with van der Waals surface area (Å²) in [5.41, 5.74) is 0.749. The second-order valence-corrected chi connectivity index (χ2v) is 10.4. The van der Waals surface area contributed by atoms with Gasteiger partial charge in [0.2, 0.25) is 0 Å². The predicted molar refractivity (Wildman–Crippen MR) is 131 cm³/mol. The van der Waals surface area contributed by atoms with Crippen LogP contribution in [-0.2, 0) is 15.9 Å². The lowest BCUT2D eigenvalue weighted by Gasteiger charge is -2.41. The molecule has 6 nitrogen and oxygen atoms in total. The van der Waals surface area contributed by atoms with Crippen molar-refractivity contribution in [2.45, 2.75) is 65.1 Å². The highest BCUT2D eigenvalue weighted by Gasteiger charge is 2.44. The molecule has 1 N–H and O–H groups in total. The van der Waals surface area contributed by atoms with Crippen molar-refractivity contribution in [2.75, 3.05) is 26.9 Å². The fraction of sp³-hybridized carbons (Fsp3) is 0.593. The molecule has 33 heavy (non-hydrogen) atoms. The van der Waals surface area contributed by atoms with Gasteiger partial charge < -0.3 is 19.3 Å². The van der Waals surface area contributed by atoms with Crippen molar-refractivity contribution in [2.24, 2.45) is 11.8 Å². The summed E-state index contributed by atoms with van der Waals surface area (Å²) in [7, 11) is 1.67. The maximum atomic E-state index is 12.2. The molecule has 1 saturated heterocycles. The monoisotopic (exact) mass is 457 g/mol. The molecule has 6 heteroatoms. The molecule has 1 aliphatic heterocycles. The lowest BCUT2D eigenvalue weighted by atomic mass is 9.82. The van der Waals surface area contributed by atoms with Crippen molar-refractivity contribution in [3.63, 3.8) is 0 Å². The third-order valence-electron chi connectivity index (χ3n) is 6.49. The summed E-state index contributed by atoms with van der Waals surface area (Å²) in [6, 6.07) is 12.5. The Balaban J connectivity index is 1.84. The molecule has 1 heterocycles. The van der Waals surface area contributed by atoms with Gasteiger partial charge in [-0.2, -0.15) is 0 Å². The average Bonchev–Trinajstić information content (AvgIpc) is 3.57. The lowest BCUT2D eigenvalue weighted by Crippen LogP contribution is -2.54. The van der Waals surface area contributed by atoms with Crippen LogP contribution in [0, 0.1) is 11.8 Å². The number of epoxide rings is 1. The molecule has 0 bridgehead atoms. The van der Waals surface area contributed by atoms with Gasteiger partial charge in [0.1, 0.15) is 18.5 Å². The number of carboxylic acid groups (broad SMARTS) is 1. The van der Waals surface area contributed by atoms with Crippen LogP contribution in [0.15, 0.2) is 36.4 Å². The van der Waals surface area contributed by atoms with Gasteiger partial charge in [0.15, 0.2) is 0 Å². The number of ether oxygens (including phenoxy) is 3. The van der Waals surface area contributed by atoms with E-state index in [9.17, 15) is 9.90 Å². The summed E-state index contributed by atoms with van der Waals surface area (Å²) in [6.45, 7) is 12.0. The third kappa shape index (κ3) is 6.61. The van der Waals surface area contributed by atoms with Crippen LogP contribution in [0.25, 0.3) is 10.8 Å².